The van der Waals surface area contributed by atoms with Gasteiger partial charge in [-0.15, -0.1) is 0 Å². The first-order valence-corrected chi connectivity index (χ1v) is 8.53. The Kier molecular flexibility index (Phi) is 4.34. The quantitative estimate of drug-likeness (QED) is 0.793. The average molecular weight is 298 g/mol. The van der Waals surface area contributed by atoms with Gasteiger partial charge in [0.15, 0.2) is 5.79 Å². The SMILES string of the molecule is C[C@@H]1CC[C@@H]([C@@H](C)CO)[C@@]2(CO2)[C@H]1CCC1(C)OCCO1. The van der Waals surface area contributed by atoms with Crippen LogP contribution in [0.3, 0.4) is 0 Å². The van der Waals surface area contributed by atoms with E-state index >= 15 is 0 Å². The molecule has 3 rings (SSSR count). The zero-order valence-corrected chi connectivity index (χ0v) is 13.6. The summed E-state index contributed by atoms with van der Waals surface area (Å²) < 4.78 is 17.5. The molecule has 1 spiro atoms. The highest BCUT2D eigenvalue weighted by molar-refractivity contribution is 5.08. The largest absolute Gasteiger partial charge is 0.396 e. The van der Waals surface area contributed by atoms with Crippen molar-refractivity contribution in [3.8, 4) is 0 Å². The lowest BCUT2D eigenvalue weighted by Crippen LogP contribution is -2.45. The summed E-state index contributed by atoms with van der Waals surface area (Å²) in [5, 5.41) is 9.55. The Bertz CT molecular complexity index is 360. The van der Waals surface area contributed by atoms with Gasteiger partial charge in [0.25, 0.3) is 0 Å². The predicted octanol–water partition coefficient (Wildman–Crippen LogP) is 2.59. The molecule has 21 heavy (non-hydrogen) atoms. The summed E-state index contributed by atoms with van der Waals surface area (Å²) in [6.45, 7) is 9.13. The third-order valence-corrected chi connectivity index (χ3v) is 6.14. The molecular weight excluding hydrogens is 268 g/mol. The molecule has 0 radical (unpaired) electrons. The van der Waals surface area contributed by atoms with Crippen molar-refractivity contribution in [2.24, 2.45) is 23.7 Å². The molecule has 1 N–H and O–H groups in total. The highest BCUT2D eigenvalue weighted by Gasteiger charge is 2.61. The highest BCUT2D eigenvalue weighted by atomic mass is 16.7. The molecule has 2 saturated heterocycles. The first-order chi connectivity index (χ1) is 10.0. The molecule has 4 nitrogen and oxygen atoms in total. The smallest absolute Gasteiger partial charge is 0.165 e. The summed E-state index contributed by atoms with van der Waals surface area (Å²) in [4.78, 5) is 0. The second-order valence-electron chi connectivity index (χ2n) is 7.54. The van der Waals surface area contributed by atoms with Crippen molar-refractivity contribution in [1.82, 2.24) is 0 Å². The molecule has 3 fully saturated rings. The maximum atomic E-state index is 9.55. The van der Waals surface area contributed by atoms with Crippen molar-refractivity contribution in [1.29, 1.82) is 0 Å². The van der Waals surface area contributed by atoms with Gasteiger partial charge in [-0.05, 0) is 49.9 Å². The van der Waals surface area contributed by atoms with E-state index in [1.54, 1.807) is 0 Å². The molecule has 122 valence electrons. The van der Waals surface area contributed by atoms with Crippen LogP contribution < -0.4 is 0 Å². The molecule has 3 aliphatic rings. The van der Waals surface area contributed by atoms with E-state index in [-0.39, 0.29) is 12.2 Å². The van der Waals surface area contributed by atoms with E-state index in [1.165, 1.54) is 12.8 Å². The number of hydrogen-bond donors (Lipinski definition) is 1. The van der Waals surface area contributed by atoms with Crippen molar-refractivity contribution >= 4 is 0 Å². The Morgan fingerprint density at radius 3 is 2.43 bits per heavy atom. The number of hydrogen-bond acceptors (Lipinski definition) is 4. The van der Waals surface area contributed by atoms with E-state index in [9.17, 15) is 5.11 Å². The van der Waals surface area contributed by atoms with Gasteiger partial charge in [-0.1, -0.05) is 13.8 Å². The third-order valence-electron chi connectivity index (χ3n) is 6.14. The summed E-state index contributed by atoms with van der Waals surface area (Å²) in [6.07, 6.45) is 4.45. The normalized spacial score (nSPS) is 43.1. The van der Waals surface area contributed by atoms with Crippen LogP contribution >= 0.6 is 0 Å². The second kappa shape index (κ2) is 5.80. The van der Waals surface area contributed by atoms with Crippen LogP contribution in [-0.2, 0) is 14.2 Å². The molecule has 0 aromatic heterocycles. The van der Waals surface area contributed by atoms with E-state index in [4.69, 9.17) is 14.2 Å². The van der Waals surface area contributed by atoms with Crippen molar-refractivity contribution < 1.29 is 19.3 Å². The summed E-state index contributed by atoms with van der Waals surface area (Å²) in [5.74, 6) is 1.68. The number of aliphatic hydroxyl groups is 1. The Labute approximate surface area is 128 Å². The molecule has 1 aliphatic carbocycles. The average Bonchev–Trinajstić information content (AvgIpc) is 3.11. The van der Waals surface area contributed by atoms with Gasteiger partial charge in [0.2, 0.25) is 0 Å². The molecule has 0 aromatic rings. The van der Waals surface area contributed by atoms with Gasteiger partial charge >= 0.3 is 0 Å². The zero-order chi connectivity index (χ0) is 15.1. The van der Waals surface area contributed by atoms with Gasteiger partial charge in [-0.3, -0.25) is 0 Å². The third kappa shape index (κ3) is 2.88. The van der Waals surface area contributed by atoms with E-state index in [2.05, 4.69) is 20.8 Å². The minimum Gasteiger partial charge on any atom is -0.396 e. The van der Waals surface area contributed by atoms with E-state index in [0.29, 0.717) is 36.9 Å². The lowest BCUT2D eigenvalue weighted by Gasteiger charge is -2.43. The number of rotatable bonds is 5. The molecule has 0 bridgehead atoms. The van der Waals surface area contributed by atoms with Crippen LogP contribution in [0.15, 0.2) is 0 Å². The topological polar surface area (TPSA) is 51.2 Å². The highest BCUT2D eigenvalue weighted by Crippen LogP contribution is 2.56. The van der Waals surface area contributed by atoms with Crippen molar-refractivity contribution in [2.75, 3.05) is 26.4 Å². The first kappa shape index (κ1) is 15.7. The van der Waals surface area contributed by atoms with E-state index in [0.717, 1.165) is 19.4 Å². The lowest BCUT2D eigenvalue weighted by molar-refractivity contribution is -0.152. The Hall–Kier alpha value is -0.160. The van der Waals surface area contributed by atoms with Crippen LogP contribution in [0, 0.1) is 23.7 Å². The monoisotopic (exact) mass is 298 g/mol. The summed E-state index contributed by atoms with van der Waals surface area (Å²) >= 11 is 0. The van der Waals surface area contributed by atoms with Gasteiger partial charge in [0, 0.05) is 13.0 Å². The van der Waals surface area contributed by atoms with Gasteiger partial charge in [0.1, 0.15) is 0 Å². The first-order valence-electron chi connectivity index (χ1n) is 8.53. The van der Waals surface area contributed by atoms with Crippen LogP contribution in [0.25, 0.3) is 0 Å². The molecule has 2 heterocycles. The maximum Gasteiger partial charge on any atom is 0.165 e. The molecule has 2 aliphatic heterocycles. The van der Waals surface area contributed by atoms with Crippen molar-refractivity contribution in [3.05, 3.63) is 0 Å². The summed E-state index contributed by atoms with van der Waals surface area (Å²) in [5.41, 5.74) is 0.0226. The van der Waals surface area contributed by atoms with Crippen LogP contribution in [0.2, 0.25) is 0 Å². The minimum absolute atomic E-state index is 0.0226. The summed E-state index contributed by atoms with van der Waals surface area (Å²) in [6, 6.07) is 0. The minimum atomic E-state index is -0.397. The Morgan fingerprint density at radius 2 is 1.86 bits per heavy atom. The van der Waals surface area contributed by atoms with Crippen LogP contribution in [0.4, 0.5) is 0 Å². The molecule has 0 unspecified atom stereocenters. The number of epoxide rings is 1. The fourth-order valence-electron chi connectivity index (χ4n) is 4.70. The van der Waals surface area contributed by atoms with Gasteiger partial charge in [-0.2, -0.15) is 0 Å². The Balaban J connectivity index is 1.67. The van der Waals surface area contributed by atoms with Crippen molar-refractivity contribution in [2.45, 2.75) is 57.8 Å². The van der Waals surface area contributed by atoms with Crippen molar-refractivity contribution in [3.63, 3.8) is 0 Å². The van der Waals surface area contributed by atoms with Gasteiger partial charge in [0.05, 0.1) is 25.4 Å². The van der Waals surface area contributed by atoms with E-state index in [1.807, 2.05) is 0 Å². The molecule has 5 atom stereocenters. The van der Waals surface area contributed by atoms with Crippen LogP contribution in [0.5, 0.6) is 0 Å². The van der Waals surface area contributed by atoms with E-state index < -0.39 is 5.79 Å². The van der Waals surface area contributed by atoms with Gasteiger partial charge in [-0.25, -0.2) is 0 Å². The molecule has 0 aromatic carbocycles. The van der Waals surface area contributed by atoms with Gasteiger partial charge < -0.3 is 19.3 Å². The molecular formula is C17H30O4. The van der Waals surface area contributed by atoms with Crippen LogP contribution in [0.1, 0.15) is 46.5 Å². The fraction of sp³-hybridized carbons (Fsp3) is 1.00. The molecule has 4 heteroatoms. The zero-order valence-electron chi connectivity index (χ0n) is 13.6. The maximum absolute atomic E-state index is 9.55. The standard InChI is InChI=1S/C17H30O4/c1-12-4-5-14(13(2)10-18)17(11-21-17)15(12)6-7-16(3)19-8-9-20-16/h12-15,18H,4-11H2,1-3H3/t12-,13+,14+,15+,17+/m1/s1. The molecule has 0 amide bonds. The number of aliphatic hydroxyl groups excluding tert-OH is 1. The summed E-state index contributed by atoms with van der Waals surface area (Å²) in [7, 11) is 0. The van der Waals surface area contributed by atoms with Crippen LogP contribution in [-0.4, -0.2) is 42.9 Å². The number of ether oxygens (including phenoxy) is 3. The second-order valence-corrected chi connectivity index (χ2v) is 7.54. The Morgan fingerprint density at radius 1 is 1.19 bits per heavy atom. The lowest BCUT2D eigenvalue weighted by atomic mass is 9.62. The predicted molar refractivity (Wildman–Crippen MR) is 79.9 cm³/mol. The molecule has 1 saturated carbocycles. The fourth-order valence-corrected chi connectivity index (χ4v) is 4.70.